The highest BCUT2D eigenvalue weighted by Gasteiger charge is 2.15. The van der Waals surface area contributed by atoms with Crippen LogP contribution < -0.4 is 5.32 Å². The minimum atomic E-state index is 0.000534. The summed E-state index contributed by atoms with van der Waals surface area (Å²) in [7, 11) is 0. The maximum absolute atomic E-state index is 11.0. The van der Waals surface area contributed by atoms with Crippen molar-refractivity contribution in [2.24, 2.45) is 0 Å². The van der Waals surface area contributed by atoms with E-state index in [-0.39, 0.29) is 11.8 Å². The molecule has 0 aliphatic rings. The minimum absolute atomic E-state index is 0.000534. The summed E-state index contributed by atoms with van der Waals surface area (Å²) in [4.78, 5) is 15.5. The predicted molar refractivity (Wildman–Crippen MR) is 83.5 cm³/mol. The zero-order chi connectivity index (χ0) is 14.4. The number of halogens is 1. The van der Waals surface area contributed by atoms with Crippen molar-refractivity contribution in [1.29, 1.82) is 0 Å². The van der Waals surface area contributed by atoms with Gasteiger partial charge in [0, 0.05) is 35.7 Å². The molecule has 0 fully saturated rings. The summed E-state index contributed by atoms with van der Waals surface area (Å²) in [5.74, 6) is 0.191. The summed E-state index contributed by atoms with van der Waals surface area (Å²) >= 11 is 3.45. The molecule has 2 rings (SSSR count). The van der Waals surface area contributed by atoms with Crippen LogP contribution in [0.25, 0.3) is 0 Å². The van der Waals surface area contributed by atoms with Crippen LogP contribution in [-0.2, 0) is 4.79 Å². The van der Waals surface area contributed by atoms with Gasteiger partial charge in [-0.05, 0) is 36.2 Å². The summed E-state index contributed by atoms with van der Waals surface area (Å²) < 4.78 is 1.06. The predicted octanol–water partition coefficient (Wildman–Crippen LogP) is 3.50. The number of carbonyl (C=O) groups excluding carboxylic acids is 1. The molecule has 0 aliphatic carbocycles. The molecular weight excluding hydrogens is 316 g/mol. The highest BCUT2D eigenvalue weighted by atomic mass is 79.9. The molecule has 20 heavy (non-hydrogen) atoms. The van der Waals surface area contributed by atoms with Crippen molar-refractivity contribution in [3.8, 4) is 0 Å². The fourth-order valence-corrected chi connectivity index (χ4v) is 2.42. The van der Waals surface area contributed by atoms with E-state index in [4.69, 9.17) is 0 Å². The Labute approximate surface area is 127 Å². The first-order chi connectivity index (χ1) is 9.66. The maximum Gasteiger partial charge on any atom is 0.216 e. The maximum atomic E-state index is 11.0. The first-order valence-electron chi connectivity index (χ1n) is 6.57. The van der Waals surface area contributed by atoms with E-state index in [9.17, 15) is 4.79 Å². The zero-order valence-corrected chi connectivity index (χ0v) is 12.9. The Morgan fingerprint density at radius 1 is 1.25 bits per heavy atom. The van der Waals surface area contributed by atoms with Gasteiger partial charge in [-0.1, -0.05) is 34.1 Å². The van der Waals surface area contributed by atoms with Gasteiger partial charge < -0.3 is 5.32 Å². The number of nitrogens with zero attached hydrogens (tertiary/aromatic N) is 1. The van der Waals surface area contributed by atoms with Crippen molar-refractivity contribution in [2.45, 2.75) is 19.3 Å². The number of pyridine rings is 1. The number of benzene rings is 1. The van der Waals surface area contributed by atoms with Gasteiger partial charge in [-0.3, -0.25) is 9.78 Å². The Kier molecular flexibility index (Phi) is 5.30. The molecule has 0 saturated carbocycles. The average molecular weight is 333 g/mol. The number of rotatable bonds is 5. The number of aromatic nitrogens is 1. The van der Waals surface area contributed by atoms with E-state index in [0.29, 0.717) is 6.54 Å². The highest BCUT2D eigenvalue weighted by molar-refractivity contribution is 9.10. The van der Waals surface area contributed by atoms with Crippen molar-refractivity contribution in [3.63, 3.8) is 0 Å². The van der Waals surface area contributed by atoms with Crippen LogP contribution in [0.5, 0.6) is 0 Å². The average Bonchev–Trinajstić information content (AvgIpc) is 2.46. The third-order valence-corrected chi connectivity index (χ3v) is 3.65. The summed E-state index contributed by atoms with van der Waals surface area (Å²) in [5.41, 5.74) is 2.23. The third kappa shape index (κ3) is 4.17. The van der Waals surface area contributed by atoms with Crippen LogP contribution in [0.15, 0.2) is 53.1 Å². The van der Waals surface area contributed by atoms with Crippen LogP contribution >= 0.6 is 15.9 Å². The lowest BCUT2D eigenvalue weighted by atomic mass is 9.92. The normalized spacial score (nSPS) is 11.9. The van der Waals surface area contributed by atoms with Gasteiger partial charge >= 0.3 is 0 Å². The standard InChI is InChI=1S/C16H17BrN2O/c1-12(20)18-11-9-15(16-4-2-3-10-19-16)13-5-7-14(17)8-6-13/h2-8,10,15H,9,11H2,1H3,(H,18,20). The van der Waals surface area contributed by atoms with Crippen LogP contribution in [-0.4, -0.2) is 17.4 Å². The van der Waals surface area contributed by atoms with E-state index < -0.39 is 0 Å². The molecule has 1 unspecified atom stereocenters. The number of nitrogens with one attached hydrogen (secondary N) is 1. The number of carbonyl (C=O) groups is 1. The van der Waals surface area contributed by atoms with Crippen molar-refractivity contribution in [2.75, 3.05) is 6.54 Å². The van der Waals surface area contributed by atoms with E-state index in [2.05, 4.69) is 38.4 Å². The Morgan fingerprint density at radius 3 is 2.60 bits per heavy atom. The first kappa shape index (κ1) is 14.7. The van der Waals surface area contributed by atoms with E-state index >= 15 is 0 Å². The van der Waals surface area contributed by atoms with Crippen molar-refractivity contribution >= 4 is 21.8 Å². The summed E-state index contributed by atoms with van der Waals surface area (Å²) in [6, 6.07) is 14.2. The minimum Gasteiger partial charge on any atom is -0.356 e. The summed E-state index contributed by atoms with van der Waals surface area (Å²) in [6.45, 7) is 2.18. The van der Waals surface area contributed by atoms with Crippen LogP contribution in [0.3, 0.4) is 0 Å². The molecule has 0 bridgehead atoms. The highest BCUT2D eigenvalue weighted by Crippen LogP contribution is 2.27. The molecule has 1 aromatic heterocycles. The van der Waals surface area contributed by atoms with Crippen LogP contribution in [0.2, 0.25) is 0 Å². The number of hydrogen-bond donors (Lipinski definition) is 1. The number of amides is 1. The molecule has 0 radical (unpaired) electrons. The van der Waals surface area contributed by atoms with E-state index in [0.717, 1.165) is 16.6 Å². The smallest absolute Gasteiger partial charge is 0.216 e. The third-order valence-electron chi connectivity index (χ3n) is 3.12. The molecule has 0 spiro atoms. The second-order valence-corrected chi connectivity index (χ2v) is 5.55. The Bertz CT molecular complexity index is 554. The fourth-order valence-electron chi connectivity index (χ4n) is 2.16. The molecular formula is C16H17BrN2O. The van der Waals surface area contributed by atoms with Gasteiger partial charge in [-0.25, -0.2) is 0 Å². The Morgan fingerprint density at radius 2 is 2.00 bits per heavy atom. The van der Waals surface area contributed by atoms with Crippen molar-refractivity contribution < 1.29 is 4.79 Å². The second-order valence-electron chi connectivity index (χ2n) is 4.63. The molecule has 104 valence electrons. The van der Waals surface area contributed by atoms with Crippen LogP contribution in [0, 0.1) is 0 Å². The Hall–Kier alpha value is -1.68. The van der Waals surface area contributed by atoms with Gasteiger partial charge in [0.25, 0.3) is 0 Å². The largest absolute Gasteiger partial charge is 0.356 e. The second kappa shape index (κ2) is 7.20. The zero-order valence-electron chi connectivity index (χ0n) is 11.3. The van der Waals surface area contributed by atoms with E-state index in [1.54, 1.807) is 6.20 Å². The molecule has 0 saturated heterocycles. The molecule has 1 atom stereocenters. The number of hydrogen-bond acceptors (Lipinski definition) is 2. The quantitative estimate of drug-likeness (QED) is 0.910. The lowest BCUT2D eigenvalue weighted by molar-refractivity contribution is -0.118. The van der Waals surface area contributed by atoms with E-state index in [1.807, 2.05) is 30.3 Å². The molecule has 4 heteroatoms. The first-order valence-corrected chi connectivity index (χ1v) is 7.37. The molecule has 1 heterocycles. The monoisotopic (exact) mass is 332 g/mol. The molecule has 0 aliphatic heterocycles. The summed E-state index contributed by atoms with van der Waals surface area (Å²) in [6.07, 6.45) is 2.64. The SMILES string of the molecule is CC(=O)NCCC(c1ccc(Br)cc1)c1ccccn1. The van der Waals surface area contributed by atoms with Crippen molar-refractivity contribution in [3.05, 3.63) is 64.4 Å². The van der Waals surface area contributed by atoms with E-state index in [1.165, 1.54) is 12.5 Å². The fraction of sp³-hybridized carbons (Fsp3) is 0.250. The van der Waals surface area contributed by atoms with Gasteiger partial charge in [0.05, 0.1) is 0 Å². The topological polar surface area (TPSA) is 42.0 Å². The molecule has 1 N–H and O–H groups in total. The Balaban J connectivity index is 2.20. The molecule has 2 aromatic rings. The molecule has 3 nitrogen and oxygen atoms in total. The van der Waals surface area contributed by atoms with Gasteiger partial charge in [0.2, 0.25) is 5.91 Å². The van der Waals surface area contributed by atoms with Gasteiger partial charge in [-0.15, -0.1) is 0 Å². The van der Waals surface area contributed by atoms with Gasteiger partial charge in [-0.2, -0.15) is 0 Å². The lowest BCUT2D eigenvalue weighted by Gasteiger charge is -2.17. The van der Waals surface area contributed by atoms with Crippen LogP contribution in [0.1, 0.15) is 30.5 Å². The summed E-state index contributed by atoms with van der Waals surface area (Å²) in [5, 5.41) is 2.85. The van der Waals surface area contributed by atoms with Crippen molar-refractivity contribution in [1.82, 2.24) is 10.3 Å². The van der Waals surface area contributed by atoms with Crippen LogP contribution in [0.4, 0.5) is 0 Å². The molecule has 1 aromatic carbocycles. The lowest BCUT2D eigenvalue weighted by Crippen LogP contribution is -2.23. The van der Waals surface area contributed by atoms with Gasteiger partial charge in [0.1, 0.15) is 0 Å². The molecule has 1 amide bonds. The van der Waals surface area contributed by atoms with Gasteiger partial charge in [0.15, 0.2) is 0 Å².